The van der Waals surface area contributed by atoms with Crippen LogP contribution in [0.3, 0.4) is 0 Å². The first-order valence-electron chi connectivity index (χ1n) is 4.93. The number of aryl methyl sites for hydroxylation is 2. The number of rotatable bonds is 1. The van der Waals surface area contributed by atoms with Gasteiger partial charge >= 0.3 is 0 Å². The molecule has 0 radical (unpaired) electrons. The molecule has 0 N–H and O–H groups in total. The predicted molar refractivity (Wildman–Crippen MR) is 60.5 cm³/mol. The standard InChI is InChI=1S/C12H14N2O/c1-9-6-4-5-7-11(9)14-12(15)8-10(2)13(14)3/h4-8H,1-3H3. The Morgan fingerprint density at radius 3 is 2.33 bits per heavy atom. The number of benzene rings is 1. The number of para-hydroxylation sites is 1. The molecule has 0 saturated carbocycles. The van der Waals surface area contributed by atoms with Crippen LogP contribution in [-0.2, 0) is 7.05 Å². The maximum Gasteiger partial charge on any atom is 0.271 e. The van der Waals surface area contributed by atoms with Crippen molar-refractivity contribution < 1.29 is 0 Å². The Hall–Kier alpha value is -1.77. The first-order valence-corrected chi connectivity index (χ1v) is 4.93. The summed E-state index contributed by atoms with van der Waals surface area (Å²) in [6.45, 7) is 3.93. The highest BCUT2D eigenvalue weighted by atomic mass is 16.1. The average Bonchev–Trinajstić information content (AvgIpc) is 2.43. The lowest BCUT2D eigenvalue weighted by molar-refractivity contribution is 0.627. The minimum Gasteiger partial charge on any atom is -0.285 e. The van der Waals surface area contributed by atoms with E-state index < -0.39 is 0 Å². The van der Waals surface area contributed by atoms with Crippen molar-refractivity contribution in [3.05, 3.63) is 51.9 Å². The second-order valence-electron chi connectivity index (χ2n) is 3.75. The van der Waals surface area contributed by atoms with Gasteiger partial charge in [0.05, 0.1) is 5.69 Å². The lowest BCUT2D eigenvalue weighted by Gasteiger charge is -2.10. The van der Waals surface area contributed by atoms with Gasteiger partial charge in [0, 0.05) is 18.8 Å². The average molecular weight is 202 g/mol. The molecular weight excluding hydrogens is 188 g/mol. The van der Waals surface area contributed by atoms with Crippen LogP contribution in [0.15, 0.2) is 35.1 Å². The molecule has 0 saturated heterocycles. The van der Waals surface area contributed by atoms with Crippen LogP contribution in [0.2, 0.25) is 0 Å². The van der Waals surface area contributed by atoms with E-state index in [1.54, 1.807) is 10.7 Å². The van der Waals surface area contributed by atoms with E-state index in [9.17, 15) is 4.79 Å². The molecule has 0 aliphatic carbocycles. The number of nitrogens with zero attached hydrogens (tertiary/aromatic N) is 2. The van der Waals surface area contributed by atoms with Gasteiger partial charge in [-0.2, -0.15) is 0 Å². The van der Waals surface area contributed by atoms with Gasteiger partial charge in [-0.3, -0.25) is 9.48 Å². The van der Waals surface area contributed by atoms with E-state index in [1.165, 1.54) is 0 Å². The monoisotopic (exact) mass is 202 g/mol. The molecule has 0 unspecified atom stereocenters. The molecule has 2 aromatic rings. The zero-order chi connectivity index (χ0) is 11.0. The minimum atomic E-state index is 0.0179. The highest BCUT2D eigenvalue weighted by Gasteiger charge is 2.07. The number of hydrogen-bond donors (Lipinski definition) is 0. The molecule has 15 heavy (non-hydrogen) atoms. The summed E-state index contributed by atoms with van der Waals surface area (Å²) in [6, 6.07) is 9.52. The van der Waals surface area contributed by atoms with Crippen molar-refractivity contribution in [2.75, 3.05) is 0 Å². The first-order chi connectivity index (χ1) is 7.11. The van der Waals surface area contributed by atoms with Crippen molar-refractivity contribution in [1.29, 1.82) is 0 Å². The van der Waals surface area contributed by atoms with Gasteiger partial charge in [-0.1, -0.05) is 18.2 Å². The molecule has 0 spiro atoms. The van der Waals surface area contributed by atoms with E-state index in [2.05, 4.69) is 0 Å². The van der Waals surface area contributed by atoms with E-state index in [4.69, 9.17) is 0 Å². The molecule has 1 aromatic heterocycles. The predicted octanol–water partition coefficient (Wildman–Crippen LogP) is 1.79. The van der Waals surface area contributed by atoms with Crippen molar-refractivity contribution >= 4 is 0 Å². The zero-order valence-corrected chi connectivity index (χ0v) is 9.19. The maximum atomic E-state index is 11.8. The van der Waals surface area contributed by atoms with Crippen LogP contribution in [0.4, 0.5) is 0 Å². The Balaban J connectivity index is 2.75. The minimum absolute atomic E-state index is 0.0179. The molecule has 3 nitrogen and oxygen atoms in total. The summed E-state index contributed by atoms with van der Waals surface area (Å²) in [6.07, 6.45) is 0. The van der Waals surface area contributed by atoms with Crippen molar-refractivity contribution in [2.24, 2.45) is 7.05 Å². The summed E-state index contributed by atoms with van der Waals surface area (Å²) in [5.41, 5.74) is 3.02. The van der Waals surface area contributed by atoms with Gasteiger partial charge in [0.2, 0.25) is 0 Å². The number of hydrogen-bond acceptors (Lipinski definition) is 1. The highest BCUT2D eigenvalue weighted by molar-refractivity contribution is 5.39. The van der Waals surface area contributed by atoms with Crippen LogP contribution in [0, 0.1) is 13.8 Å². The molecule has 1 aromatic carbocycles. The Bertz CT molecular complexity index is 549. The Morgan fingerprint density at radius 2 is 1.80 bits per heavy atom. The Kier molecular flexibility index (Phi) is 2.23. The van der Waals surface area contributed by atoms with Crippen LogP contribution in [-0.4, -0.2) is 9.36 Å². The van der Waals surface area contributed by atoms with E-state index in [-0.39, 0.29) is 5.56 Å². The third-order valence-corrected chi connectivity index (χ3v) is 2.70. The molecule has 0 amide bonds. The molecular formula is C12H14N2O. The van der Waals surface area contributed by atoms with Gasteiger partial charge in [-0.15, -0.1) is 0 Å². The molecule has 0 aliphatic rings. The summed E-state index contributed by atoms with van der Waals surface area (Å²) in [5.74, 6) is 0. The molecule has 0 aliphatic heterocycles. The molecule has 3 heteroatoms. The van der Waals surface area contributed by atoms with Crippen LogP contribution in [0.25, 0.3) is 5.69 Å². The smallest absolute Gasteiger partial charge is 0.271 e. The van der Waals surface area contributed by atoms with Crippen LogP contribution in [0.5, 0.6) is 0 Å². The molecule has 1 heterocycles. The summed E-state index contributed by atoms with van der Waals surface area (Å²) in [5, 5.41) is 0. The van der Waals surface area contributed by atoms with Gasteiger partial charge in [-0.25, -0.2) is 4.68 Å². The fourth-order valence-electron chi connectivity index (χ4n) is 1.72. The lowest BCUT2D eigenvalue weighted by Crippen LogP contribution is -2.20. The van der Waals surface area contributed by atoms with E-state index in [1.807, 2.05) is 49.8 Å². The van der Waals surface area contributed by atoms with Crippen LogP contribution in [0.1, 0.15) is 11.3 Å². The van der Waals surface area contributed by atoms with E-state index in [0.29, 0.717) is 0 Å². The van der Waals surface area contributed by atoms with Gasteiger partial charge in [-0.05, 0) is 25.5 Å². The fourth-order valence-corrected chi connectivity index (χ4v) is 1.72. The Morgan fingerprint density at radius 1 is 1.13 bits per heavy atom. The zero-order valence-electron chi connectivity index (χ0n) is 9.19. The normalized spacial score (nSPS) is 10.6. The van der Waals surface area contributed by atoms with Gasteiger partial charge in [0.15, 0.2) is 0 Å². The number of aromatic nitrogens is 2. The SMILES string of the molecule is Cc1ccccc1-n1c(=O)cc(C)n1C. The van der Waals surface area contributed by atoms with Crippen molar-refractivity contribution in [2.45, 2.75) is 13.8 Å². The fraction of sp³-hybridized carbons (Fsp3) is 0.250. The third kappa shape index (κ3) is 1.50. The van der Waals surface area contributed by atoms with Crippen molar-refractivity contribution in [3.63, 3.8) is 0 Å². The molecule has 0 bridgehead atoms. The highest BCUT2D eigenvalue weighted by Crippen LogP contribution is 2.11. The largest absolute Gasteiger partial charge is 0.285 e. The van der Waals surface area contributed by atoms with Gasteiger partial charge in [0.1, 0.15) is 0 Å². The third-order valence-electron chi connectivity index (χ3n) is 2.70. The summed E-state index contributed by atoms with van der Waals surface area (Å²) in [4.78, 5) is 11.8. The summed E-state index contributed by atoms with van der Waals surface area (Å²) in [7, 11) is 1.89. The van der Waals surface area contributed by atoms with Crippen molar-refractivity contribution in [3.8, 4) is 5.69 Å². The summed E-state index contributed by atoms with van der Waals surface area (Å²) >= 11 is 0. The molecule has 2 rings (SSSR count). The molecule has 0 atom stereocenters. The van der Waals surface area contributed by atoms with Crippen molar-refractivity contribution in [1.82, 2.24) is 9.36 Å². The quantitative estimate of drug-likeness (QED) is 0.692. The second kappa shape index (κ2) is 3.42. The second-order valence-corrected chi connectivity index (χ2v) is 3.75. The first kappa shape index (κ1) is 9.77. The maximum absolute atomic E-state index is 11.8. The summed E-state index contributed by atoms with van der Waals surface area (Å²) < 4.78 is 3.55. The van der Waals surface area contributed by atoms with Gasteiger partial charge in [0.25, 0.3) is 5.56 Å². The topological polar surface area (TPSA) is 26.9 Å². The van der Waals surface area contributed by atoms with Crippen LogP contribution >= 0.6 is 0 Å². The molecule has 0 fully saturated rings. The van der Waals surface area contributed by atoms with Gasteiger partial charge < -0.3 is 0 Å². The Labute approximate surface area is 88.6 Å². The van der Waals surface area contributed by atoms with E-state index in [0.717, 1.165) is 16.9 Å². The molecule has 78 valence electrons. The van der Waals surface area contributed by atoms with E-state index >= 15 is 0 Å². The van der Waals surface area contributed by atoms with Crippen LogP contribution < -0.4 is 5.56 Å². The lowest BCUT2D eigenvalue weighted by atomic mass is 10.2.